The van der Waals surface area contributed by atoms with Crippen molar-refractivity contribution < 1.29 is 0 Å². The van der Waals surface area contributed by atoms with E-state index >= 15 is 0 Å². The van der Waals surface area contributed by atoms with Gasteiger partial charge in [-0.3, -0.25) is 0 Å². The quantitative estimate of drug-likeness (QED) is 0.809. The summed E-state index contributed by atoms with van der Waals surface area (Å²) in [6.07, 6.45) is 5.52. The summed E-state index contributed by atoms with van der Waals surface area (Å²) in [4.78, 5) is 2.28. The highest BCUT2D eigenvalue weighted by molar-refractivity contribution is 5.13. The summed E-state index contributed by atoms with van der Waals surface area (Å²) in [7, 11) is 4.32. The molecule has 0 aliphatic heterocycles. The zero-order valence-electron chi connectivity index (χ0n) is 13.2. The van der Waals surface area contributed by atoms with E-state index in [9.17, 15) is 0 Å². The van der Waals surface area contributed by atoms with Crippen LogP contribution in [0.25, 0.3) is 0 Å². The SMILES string of the molecule is CC(CCN(C)C)NC1CC2CCC1(C)C2(C)C. The molecule has 2 bridgehead atoms. The van der Waals surface area contributed by atoms with E-state index in [1.165, 1.54) is 32.2 Å². The summed E-state index contributed by atoms with van der Waals surface area (Å²) in [6, 6.07) is 1.38. The molecule has 0 heterocycles. The topological polar surface area (TPSA) is 15.3 Å². The molecule has 2 aliphatic carbocycles. The van der Waals surface area contributed by atoms with Gasteiger partial charge >= 0.3 is 0 Å². The number of fused-ring (bicyclic) bond motifs is 2. The molecule has 106 valence electrons. The molecule has 4 unspecified atom stereocenters. The molecule has 0 aromatic carbocycles. The fraction of sp³-hybridized carbons (Fsp3) is 1.00. The van der Waals surface area contributed by atoms with Crippen LogP contribution in [0.1, 0.15) is 53.4 Å². The molecule has 18 heavy (non-hydrogen) atoms. The Bertz CT molecular complexity index is 297. The second-order valence-electron chi connectivity index (χ2n) is 7.82. The van der Waals surface area contributed by atoms with E-state index in [0.717, 1.165) is 12.0 Å². The third kappa shape index (κ3) is 2.22. The van der Waals surface area contributed by atoms with Gasteiger partial charge in [0.15, 0.2) is 0 Å². The van der Waals surface area contributed by atoms with Gasteiger partial charge in [-0.2, -0.15) is 0 Å². The maximum atomic E-state index is 3.94. The van der Waals surface area contributed by atoms with Gasteiger partial charge < -0.3 is 10.2 Å². The lowest BCUT2D eigenvalue weighted by atomic mass is 9.69. The smallest absolute Gasteiger partial charge is 0.0131 e. The summed E-state index contributed by atoms with van der Waals surface area (Å²) >= 11 is 0. The van der Waals surface area contributed by atoms with E-state index in [0.29, 0.717) is 16.9 Å². The molecular formula is C16H32N2. The van der Waals surface area contributed by atoms with Gasteiger partial charge in [0.05, 0.1) is 0 Å². The maximum absolute atomic E-state index is 3.94. The van der Waals surface area contributed by atoms with Gasteiger partial charge in [0.2, 0.25) is 0 Å². The van der Waals surface area contributed by atoms with Crippen molar-refractivity contribution in [1.29, 1.82) is 0 Å². The molecular weight excluding hydrogens is 220 g/mol. The second kappa shape index (κ2) is 4.79. The van der Waals surface area contributed by atoms with E-state index in [1.807, 2.05) is 0 Å². The Morgan fingerprint density at radius 3 is 2.39 bits per heavy atom. The van der Waals surface area contributed by atoms with Gasteiger partial charge in [0.25, 0.3) is 0 Å². The average molecular weight is 252 g/mol. The first-order chi connectivity index (χ1) is 8.27. The zero-order chi connectivity index (χ0) is 13.6. The number of hydrogen-bond acceptors (Lipinski definition) is 2. The van der Waals surface area contributed by atoms with Crippen LogP contribution >= 0.6 is 0 Å². The van der Waals surface area contributed by atoms with E-state index < -0.39 is 0 Å². The molecule has 2 fully saturated rings. The fourth-order valence-electron chi connectivity index (χ4n) is 4.33. The highest BCUT2D eigenvalue weighted by Crippen LogP contribution is 2.65. The van der Waals surface area contributed by atoms with E-state index in [4.69, 9.17) is 0 Å². The van der Waals surface area contributed by atoms with Crippen LogP contribution in [-0.4, -0.2) is 37.6 Å². The first-order valence-corrected chi connectivity index (χ1v) is 7.68. The van der Waals surface area contributed by atoms with Crippen LogP contribution < -0.4 is 5.32 Å². The van der Waals surface area contributed by atoms with E-state index in [2.05, 4.69) is 52.0 Å². The third-order valence-corrected chi connectivity index (χ3v) is 6.29. The van der Waals surface area contributed by atoms with Crippen molar-refractivity contribution >= 4 is 0 Å². The van der Waals surface area contributed by atoms with Gasteiger partial charge in [-0.1, -0.05) is 20.8 Å². The van der Waals surface area contributed by atoms with Crippen LogP contribution in [0.2, 0.25) is 0 Å². The average Bonchev–Trinajstić information content (AvgIpc) is 2.59. The Balaban J connectivity index is 1.92. The standard InChI is InChI=1S/C16H32N2/c1-12(8-10-18(5)6)17-14-11-13-7-9-16(14,4)15(13,2)3/h12-14,17H,7-11H2,1-6H3. The number of nitrogens with zero attached hydrogens (tertiary/aromatic N) is 1. The largest absolute Gasteiger partial charge is 0.311 e. The molecule has 2 saturated carbocycles. The van der Waals surface area contributed by atoms with Crippen LogP contribution in [0.4, 0.5) is 0 Å². The lowest BCUT2D eigenvalue weighted by Crippen LogP contribution is -2.48. The van der Waals surface area contributed by atoms with Crippen LogP contribution in [-0.2, 0) is 0 Å². The lowest BCUT2D eigenvalue weighted by Gasteiger charge is -2.41. The van der Waals surface area contributed by atoms with Crippen molar-refractivity contribution in [3.05, 3.63) is 0 Å². The number of rotatable bonds is 5. The highest BCUT2D eigenvalue weighted by atomic mass is 15.1. The molecule has 2 nitrogen and oxygen atoms in total. The van der Waals surface area contributed by atoms with Gasteiger partial charge in [0.1, 0.15) is 0 Å². The Hall–Kier alpha value is -0.0800. The minimum Gasteiger partial charge on any atom is -0.311 e. The highest BCUT2D eigenvalue weighted by Gasteiger charge is 2.61. The van der Waals surface area contributed by atoms with Gasteiger partial charge in [0, 0.05) is 12.1 Å². The van der Waals surface area contributed by atoms with Gasteiger partial charge in [-0.25, -0.2) is 0 Å². The number of hydrogen-bond donors (Lipinski definition) is 1. The normalized spacial score (nSPS) is 39.5. The third-order valence-electron chi connectivity index (χ3n) is 6.29. The Kier molecular flexibility index (Phi) is 3.81. The van der Waals surface area contributed by atoms with Crippen molar-refractivity contribution in [2.75, 3.05) is 20.6 Å². The molecule has 0 amide bonds. The summed E-state index contributed by atoms with van der Waals surface area (Å²) < 4.78 is 0. The van der Waals surface area contributed by atoms with E-state index in [1.54, 1.807) is 0 Å². The van der Waals surface area contributed by atoms with Gasteiger partial charge in [-0.15, -0.1) is 0 Å². The molecule has 1 N–H and O–H groups in total. The molecule has 0 aromatic heterocycles. The van der Waals surface area contributed by atoms with Gasteiger partial charge in [-0.05, 0) is 70.0 Å². The molecule has 2 aliphatic rings. The first-order valence-electron chi connectivity index (χ1n) is 7.68. The Labute approximate surface area is 114 Å². The lowest BCUT2D eigenvalue weighted by molar-refractivity contribution is 0.115. The fourth-order valence-corrected chi connectivity index (χ4v) is 4.33. The summed E-state index contributed by atoms with van der Waals surface area (Å²) in [5.74, 6) is 0.945. The van der Waals surface area contributed by atoms with Crippen molar-refractivity contribution in [1.82, 2.24) is 10.2 Å². The molecule has 0 saturated heterocycles. The minimum atomic E-state index is 0.518. The first kappa shape index (κ1) is 14.3. The molecule has 2 rings (SSSR count). The molecule has 0 spiro atoms. The van der Waals surface area contributed by atoms with Crippen LogP contribution in [0.5, 0.6) is 0 Å². The summed E-state index contributed by atoms with van der Waals surface area (Å²) in [5.41, 5.74) is 1.05. The predicted molar refractivity (Wildman–Crippen MR) is 78.8 cm³/mol. The van der Waals surface area contributed by atoms with Crippen molar-refractivity contribution in [3.8, 4) is 0 Å². The minimum absolute atomic E-state index is 0.518. The monoisotopic (exact) mass is 252 g/mol. The zero-order valence-corrected chi connectivity index (χ0v) is 13.2. The van der Waals surface area contributed by atoms with Crippen LogP contribution in [0.3, 0.4) is 0 Å². The van der Waals surface area contributed by atoms with E-state index in [-0.39, 0.29) is 0 Å². The maximum Gasteiger partial charge on any atom is 0.0131 e. The van der Waals surface area contributed by atoms with Crippen molar-refractivity contribution in [3.63, 3.8) is 0 Å². The Morgan fingerprint density at radius 2 is 1.94 bits per heavy atom. The summed E-state index contributed by atoms with van der Waals surface area (Å²) in [6.45, 7) is 11.1. The molecule has 4 atom stereocenters. The summed E-state index contributed by atoms with van der Waals surface area (Å²) in [5, 5.41) is 3.94. The predicted octanol–water partition coefficient (Wildman–Crippen LogP) is 3.13. The number of nitrogens with one attached hydrogen (secondary N) is 1. The molecule has 0 aromatic rings. The second-order valence-corrected chi connectivity index (χ2v) is 7.82. The Morgan fingerprint density at radius 1 is 1.28 bits per heavy atom. The molecule has 2 heteroatoms. The van der Waals surface area contributed by atoms with Crippen LogP contribution in [0.15, 0.2) is 0 Å². The van der Waals surface area contributed by atoms with Crippen molar-refractivity contribution in [2.45, 2.75) is 65.5 Å². The molecule has 0 radical (unpaired) electrons. The van der Waals surface area contributed by atoms with Crippen molar-refractivity contribution in [2.24, 2.45) is 16.7 Å². The van der Waals surface area contributed by atoms with Crippen LogP contribution in [0, 0.1) is 16.7 Å².